The summed E-state index contributed by atoms with van der Waals surface area (Å²) in [5.74, 6) is 0.246. The zero-order chi connectivity index (χ0) is 38.5. The fourth-order valence-electron chi connectivity index (χ4n) is 7.99. The minimum absolute atomic E-state index is 0.0372. The topological polar surface area (TPSA) is 85.3 Å². The third-order valence-electron chi connectivity index (χ3n) is 11.6. The van der Waals surface area contributed by atoms with Gasteiger partial charge in [-0.15, -0.1) is 0 Å². The van der Waals surface area contributed by atoms with Crippen molar-refractivity contribution >= 4 is 11.9 Å². The Bertz CT molecular complexity index is 766. The zero-order valence-electron chi connectivity index (χ0n) is 35.5. The molecule has 314 valence electrons. The average Bonchev–Trinajstić information content (AvgIpc) is 3.16. The minimum atomic E-state index is 0.0372. The van der Waals surface area contributed by atoms with Crippen LogP contribution in [0.15, 0.2) is 0 Å². The molecule has 0 heterocycles. The van der Waals surface area contributed by atoms with E-state index in [1.54, 1.807) is 0 Å². The molecule has 0 aromatic heterocycles. The summed E-state index contributed by atoms with van der Waals surface area (Å²) in [6, 6.07) is 0.461. The van der Waals surface area contributed by atoms with Crippen LogP contribution in [0, 0.1) is 11.8 Å². The van der Waals surface area contributed by atoms with Crippen molar-refractivity contribution in [2.24, 2.45) is 11.8 Å². The highest BCUT2D eigenvalue weighted by Gasteiger charge is 2.21. The highest BCUT2D eigenvalue weighted by atomic mass is 16.5. The molecule has 0 spiro atoms. The van der Waals surface area contributed by atoms with Crippen LogP contribution in [-0.4, -0.2) is 74.6 Å². The lowest BCUT2D eigenvalue weighted by atomic mass is 9.93. The number of esters is 2. The predicted molar refractivity (Wildman–Crippen MR) is 222 cm³/mol. The first-order valence-corrected chi connectivity index (χ1v) is 23.3. The number of hydrogen-bond acceptors (Lipinski definition) is 7. The van der Waals surface area contributed by atoms with Gasteiger partial charge in [-0.25, -0.2) is 0 Å². The zero-order valence-corrected chi connectivity index (χ0v) is 35.5. The quantitative estimate of drug-likeness (QED) is 0.0557. The van der Waals surface area contributed by atoms with Gasteiger partial charge in [-0.3, -0.25) is 9.59 Å². The predicted octanol–water partition coefficient (Wildman–Crippen LogP) is 12.2. The van der Waals surface area contributed by atoms with Crippen molar-refractivity contribution in [1.82, 2.24) is 4.90 Å². The van der Waals surface area contributed by atoms with Crippen LogP contribution in [0.2, 0.25) is 0 Å². The van der Waals surface area contributed by atoms with Crippen LogP contribution >= 0.6 is 0 Å². The van der Waals surface area contributed by atoms with E-state index < -0.39 is 0 Å². The lowest BCUT2D eigenvalue weighted by Crippen LogP contribution is -2.34. The first-order chi connectivity index (χ1) is 26.0. The molecule has 0 saturated heterocycles. The molecule has 0 aliphatic heterocycles. The van der Waals surface area contributed by atoms with Crippen LogP contribution in [0.5, 0.6) is 0 Å². The Balaban J connectivity index is 2.43. The third-order valence-corrected chi connectivity index (χ3v) is 11.6. The number of aliphatic hydroxyl groups excluding tert-OH is 1. The molecule has 1 fully saturated rings. The highest BCUT2D eigenvalue weighted by Crippen LogP contribution is 2.24. The van der Waals surface area contributed by atoms with Gasteiger partial charge in [0.05, 0.1) is 44.9 Å². The number of aliphatic hydroxyl groups is 1. The molecule has 0 aromatic carbocycles. The largest absolute Gasteiger partial charge is 0.465 e. The molecule has 0 amide bonds. The Morgan fingerprint density at radius 1 is 0.566 bits per heavy atom. The summed E-state index contributed by atoms with van der Waals surface area (Å²) >= 11 is 0. The first kappa shape index (κ1) is 49.8. The van der Waals surface area contributed by atoms with Crippen molar-refractivity contribution in [2.45, 2.75) is 225 Å². The fraction of sp³-hybridized carbons (Fsp3) is 0.957. The molecule has 1 aliphatic rings. The highest BCUT2D eigenvalue weighted by molar-refractivity contribution is 5.72. The fourth-order valence-corrected chi connectivity index (χ4v) is 7.99. The molecule has 0 aromatic rings. The number of unbranched alkanes of at least 4 members (excludes halogenated alkanes) is 11. The van der Waals surface area contributed by atoms with Gasteiger partial charge in [0.1, 0.15) is 0 Å². The Labute approximate surface area is 328 Å². The van der Waals surface area contributed by atoms with Gasteiger partial charge < -0.3 is 24.2 Å². The number of likely N-dealkylation sites (N-methyl/N-ethyl adjacent to an activating group) is 1. The molecule has 1 N–H and O–H groups in total. The Morgan fingerprint density at radius 3 is 1.55 bits per heavy atom. The summed E-state index contributed by atoms with van der Waals surface area (Å²) in [6.07, 6.45) is 37.6. The second kappa shape index (κ2) is 37.7. The molecule has 2 unspecified atom stereocenters. The Morgan fingerprint density at radius 2 is 1.02 bits per heavy atom. The SMILES string of the molecule is CCCCCCCC(CCCCCC)C(=O)OCCCCCC(CCCCCOC(=O)C1CCCCCCCCCCCCC1)N(C)CCOCCO. The monoisotopic (exact) mass is 752 g/mol. The molecular formula is C46H89NO6. The summed E-state index contributed by atoms with van der Waals surface area (Å²) in [6.45, 7) is 7.47. The van der Waals surface area contributed by atoms with Gasteiger partial charge >= 0.3 is 11.9 Å². The first-order valence-electron chi connectivity index (χ1n) is 23.3. The second-order valence-corrected chi connectivity index (χ2v) is 16.4. The number of hydrogen-bond donors (Lipinski definition) is 1. The Hall–Kier alpha value is -1.18. The van der Waals surface area contributed by atoms with E-state index >= 15 is 0 Å². The summed E-state index contributed by atoms with van der Waals surface area (Å²) in [7, 11) is 2.19. The maximum Gasteiger partial charge on any atom is 0.308 e. The smallest absolute Gasteiger partial charge is 0.308 e. The van der Waals surface area contributed by atoms with E-state index in [0.717, 1.165) is 109 Å². The van der Waals surface area contributed by atoms with Crippen LogP contribution in [0.3, 0.4) is 0 Å². The van der Waals surface area contributed by atoms with Crippen LogP contribution in [0.1, 0.15) is 219 Å². The van der Waals surface area contributed by atoms with E-state index in [1.807, 2.05) is 0 Å². The van der Waals surface area contributed by atoms with Crippen molar-refractivity contribution in [3.8, 4) is 0 Å². The summed E-state index contributed by atoms with van der Waals surface area (Å²) in [5.41, 5.74) is 0. The van der Waals surface area contributed by atoms with Crippen LogP contribution in [0.4, 0.5) is 0 Å². The second-order valence-electron chi connectivity index (χ2n) is 16.4. The van der Waals surface area contributed by atoms with Crippen molar-refractivity contribution in [3.63, 3.8) is 0 Å². The molecule has 1 rings (SSSR count). The number of ether oxygens (including phenoxy) is 3. The van der Waals surface area contributed by atoms with E-state index in [4.69, 9.17) is 19.3 Å². The lowest BCUT2D eigenvalue weighted by Gasteiger charge is -2.28. The molecule has 1 saturated carbocycles. The maximum absolute atomic E-state index is 13.0. The lowest BCUT2D eigenvalue weighted by molar-refractivity contribution is -0.150. The van der Waals surface area contributed by atoms with E-state index in [0.29, 0.717) is 32.5 Å². The normalized spacial score (nSPS) is 16.6. The van der Waals surface area contributed by atoms with Gasteiger partial charge in [0, 0.05) is 12.6 Å². The molecular weight excluding hydrogens is 663 g/mol. The van der Waals surface area contributed by atoms with Gasteiger partial charge in [0.2, 0.25) is 0 Å². The molecule has 7 nitrogen and oxygen atoms in total. The molecule has 7 heteroatoms. The average molecular weight is 752 g/mol. The molecule has 53 heavy (non-hydrogen) atoms. The van der Waals surface area contributed by atoms with Crippen LogP contribution < -0.4 is 0 Å². The van der Waals surface area contributed by atoms with Crippen molar-refractivity contribution in [3.05, 3.63) is 0 Å². The van der Waals surface area contributed by atoms with E-state index in [1.165, 1.54) is 103 Å². The summed E-state index contributed by atoms with van der Waals surface area (Å²) < 4.78 is 17.3. The summed E-state index contributed by atoms with van der Waals surface area (Å²) in [5, 5.41) is 9.09. The molecule has 0 radical (unpaired) electrons. The minimum Gasteiger partial charge on any atom is -0.465 e. The third kappa shape index (κ3) is 29.7. The molecule has 2 atom stereocenters. The number of carbonyl (C=O) groups is 2. The number of carbonyl (C=O) groups excluding carboxylic acids is 2. The van der Waals surface area contributed by atoms with E-state index in [2.05, 4.69) is 25.8 Å². The van der Waals surface area contributed by atoms with Gasteiger partial charge in [-0.1, -0.05) is 168 Å². The van der Waals surface area contributed by atoms with E-state index in [-0.39, 0.29) is 30.4 Å². The Kier molecular flexibility index (Phi) is 35.5. The molecule has 0 bridgehead atoms. The van der Waals surface area contributed by atoms with Crippen LogP contribution in [-0.2, 0) is 23.8 Å². The van der Waals surface area contributed by atoms with Gasteiger partial charge in [-0.05, 0) is 58.4 Å². The van der Waals surface area contributed by atoms with Crippen molar-refractivity contribution < 1.29 is 28.9 Å². The van der Waals surface area contributed by atoms with Gasteiger partial charge in [-0.2, -0.15) is 0 Å². The van der Waals surface area contributed by atoms with Crippen LogP contribution in [0.25, 0.3) is 0 Å². The van der Waals surface area contributed by atoms with Crippen molar-refractivity contribution in [1.29, 1.82) is 0 Å². The molecule has 1 aliphatic carbocycles. The van der Waals surface area contributed by atoms with E-state index in [9.17, 15) is 9.59 Å². The number of rotatable bonds is 31. The van der Waals surface area contributed by atoms with Gasteiger partial charge in [0.25, 0.3) is 0 Å². The standard InChI is InChI=1S/C46H89NO6/c1-4-6-8-17-23-31-42(30-22-9-7-5-2)45(49)52-38-28-20-26-34-44(47(3)36-40-51-41-37-48)35-27-21-29-39-53-46(50)43-32-24-18-15-13-11-10-12-14-16-19-25-33-43/h42-44,48H,4-41H2,1-3H3. The summed E-state index contributed by atoms with van der Waals surface area (Å²) in [4.78, 5) is 28.5. The van der Waals surface area contributed by atoms with Crippen molar-refractivity contribution in [2.75, 3.05) is 46.6 Å². The van der Waals surface area contributed by atoms with Gasteiger partial charge in [0.15, 0.2) is 0 Å². The maximum atomic E-state index is 13.0. The number of nitrogens with zero attached hydrogens (tertiary/aromatic N) is 1.